The second-order valence-corrected chi connectivity index (χ2v) is 8.79. The topological polar surface area (TPSA) is 87.0 Å². The molecule has 1 N–H and O–H groups in total. The molecule has 2 aliphatic carbocycles. The fraction of sp³-hybridized carbons (Fsp3) is 0.520. The zero-order valence-electron chi connectivity index (χ0n) is 17.9. The van der Waals surface area contributed by atoms with Gasteiger partial charge >= 0.3 is 0 Å². The number of rotatable bonds is 3. The zero-order valence-corrected chi connectivity index (χ0v) is 17.9. The van der Waals surface area contributed by atoms with E-state index in [4.69, 9.17) is 5.26 Å². The van der Waals surface area contributed by atoms with Gasteiger partial charge in [-0.05, 0) is 80.7 Å². The van der Waals surface area contributed by atoms with Crippen LogP contribution in [0.3, 0.4) is 0 Å². The number of ketones is 2. The van der Waals surface area contributed by atoms with Crippen molar-refractivity contribution in [2.24, 2.45) is 5.41 Å². The average molecular weight is 405 g/mol. The number of Topliss-reactive ketones (excluding diaryl/α,β-unsaturated/α-hetero) is 2. The van der Waals surface area contributed by atoms with Crippen LogP contribution < -0.4 is 5.32 Å². The molecule has 1 spiro atoms. The second kappa shape index (κ2) is 8.84. The maximum absolute atomic E-state index is 13.2. The minimum atomic E-state index is -0.674. The minimum Gasteiger partial charge on any atom is -0.352 e. The van der Waals surface area contributed by atoms with Crippen LogP contribution in [0.2, 0.25) is 0 Å². The third kappa shape index (κ3) is 4.46. The summed E-state index contributed by atoms with van der Waals surface area (Å²) in [5.74, 6) is 5.03. The number of amides is 1. The van der Waals surface area contributed by atoms with Crippen LogP contribution in [-0.2, 0) is 14.4 Å². The summed E-state index contributed by atoms with van der Waals surface area (Å²) < 4.78 is 0. The Bertz CT molecular complexity index is 939. The van der Waals surface area contributed by atoms with Crippen LogP contribution in [0.15, 0.2) is 12.1 Å². The molecule has 0 heterocycles. The van der Waals surface area contributed by atoms with Crippen molar-refractivity contribution in [2.45, 2.75) is 77.7 Å². The minimum absolute atomic E-state index is 0.0127. The van der Waals surface area contributed by atoms with E-state index >= 15 is 0 Å². The fourth-order valence-corrected chi connectivity index (χ4v) is 5.23. The zero-order chi connectivity index (χ0) is 21.9. The van der Waals surface area contributed by atoms with Gasteiger partial charge in [0, 0.05) is 24.4 Å². The Hall–Kier alpha value is -2.92. The highest BCUT2D eigenvalue weighted by Gasteiger charge is 2.47. The van der Waals surface area contributed by atoms with Crippen molar-refractivity contribution in [1.29, 1.82) is 5.26 Å². The Morgan fingerprint density at radius 3 is 2.20 bits per heavy atom. The number of carbonyl (C=O) groups is 3. The van der Waals surface area contributed by atoms with E-state index in [9.17, 15) is 14.4 Å². The molecular formula is C25H28N2O3. The van der Waals surface area contributed by atoms with Gasteiger partial charge in [0.1, 0.15) is 23.9 Å². The molecular weight excluding hydrogens is 376 g/mol. The lowest BCUT2D eigenvalue weighted by atomic mass is 9.60. The van der Waals surface area contributed by atoms with Gasteiger partial charge in [-0.25, -0.2) is 0 Å². The van der Waals surface area contributed by atoms with Gasteiger partial charge in [-0.1, -0.05) is 5.92 Å². The summed E-state index contributed by atoms with van der Waals surface area (Å²) >= 11 is 0. The summed E-state index contributed by atoms with van der Waals surface area (Å²) in [6, 6.07) is 5.80. The van der Waals surface area contributed by atoms with E-state index in [1.165, 1.54) is 0 Å². The van der Waals surface area contributed by atoms with Crippen molar-refractivity contribution in [2.75, 3.05) is 0 Å². The van der Waals surface area contributed by atoms with Gasteiger partial charge in [0.2, 0.25) is 5.91 Å². The molecule has 0 aromatic heterocycles. The van der Waals surface area contributed by atoms with Gasteiger partial charge in [0.05, 0.1) is 6.07 Å². The Morgan fingerprint density at radius 2 is 1.70 bits per heavy atom. The largest absolute Gasteiger partial charge is 0.352 e. The quantitative estimate of drug-likeness (QED) is 0.615. The monoisotopic (exact) mass is 404 g/mol. The van der Waals surface area contributed by atoms with Gasteiger partial charge in [0.25, 0.3) is 0 Å². The predicted molar refractivity (Wildman–Crippen MR) is 114 cm³/mol. The third-order valence-corrected chi connectivity index (χ3v) is 6.55. The first-order chi connectivity index (χ1) is 14.3. The van der Waals surface area contributed by atoms with E-state index in [-0.39, 0.29) is 35.4 Å². The summed E-state index contributed by atoms with van der Waals surface area (Å²) in [4.78, 5) is 38.0. The lowest BCUT2D eigenvalue weighted by molar-refractivity contribution is -0.138. The van der Waals surface area contributed by atoms with Crippen molar-refractivity contribution in [1.82, 2.24) is 5.32 Å². The van der Waals surface area contributed by atoms with Crippen LogP contribution in [0.4, 0.5) is 0 Å². The Balaban J connectivity index is 1.74. The van der Waals surface area contributed by atoms with Crippen molar-refractivity contribution in [3.05, 3.63) is 34.4 Å². The molecule has 1 aromatic rings. The molecule has 2 fully saturated rings. The molecule has 1 aromatic carbocycles. The highest BCUT2D eigenvalue weighted by atomic mass is 16.2. The Labute approximate surface area is 178 Å². The van der Waals surface area contributed by atoms with E-state index in [0.29, 0.717) is 12.8 Å². The highest BCUT2D eigenvalue weighted by Crippen LogP contribution is 2.49. The molecule has 3 rings (SSSR count). The molecule has 156 valence electrons. The molecule has 0 saturated heterocycles. The number of hydrogen-bond acceptors (Lipinski definition) is 4. The number of nitrogens with zero attached hydrogens (tertiary/aromatic N) is 1. The average Bonchev–Trinajstić information content (AvgIpc) is 2.66. The van der Waals surface area contributed by atoms with E-state index in [1.807, 2.05) is 32.0 Å². The Morgan fingerprint density at radius 1 is 1.13 bits per heavy atom. The summed E-state index contributed by atoms with van der Waals surface area (Å²) in [7, 11) is 0. The molecule has 0 atom stereocenters. The van der Waals surface area contributed by atoms with Gasteiger partial charge in [-0.3, -0.25) is 14.4 Å². The van der Waals surface area contributed by atoms with Crippen LogP contribution in [-0.4, -0.2) is 23.5 Å². The first-order valence-corrected chi connectivity index (χ1v) is 10.5. The second-order valence-electron chi connectivity index (χ2n) is 8.79. The van der Waals surface area contributed by atoms with Crippen molar-refractivity contribution < 1.29 is 14.4 Å². The number of hydrogen-bond donors (Lipinski definition) is 1. The number of aryl methyl sites for hydroxylation is 2. The van der Waals surface area contributed by atoms with Gasteiger partial charge in [-0.15, -0.1) is 5.92 Å². The maximum atomic E-state index is 13.2. The van der Waals surface area contributed by atoms with Crippen LogP contribution in [0.5, 0.6) is 0 Å². The van der Waals surface area contributed by atoms with Gasteiger partial charge < -0.3 is 5.32 Å². The molecule has 2 aliphatic rings. The molecule has 2 saturated carbocycles. The van der Waals surface area contributed by atoms with Crippen molar-refractivity contribution >= 4 is 17.5 Å². The van der Waals surface area contributed by atoms with Crippen molar-refractivity contribution in [3.8, 4) is 17.9 Å². The lowest BCUT2D eigenvalue weighted by Gasteiger charge is -2.43. The van der Waals surface area contributed by atoms with Crippen LogP contribution in [0.1, 0.15) is 80.0 Å². The predicted octanol–water partition coefficient (Wildman–Crippen LogP) is 3.65. The van der Waals surface area contributed by atoms with Gasteiger partial charge in [0.15, 0.2) is 0 Å². The normalized spacial score (nSPS) is 25.9. The summed E-state index contributed by atoms with van der Waals surface area (Å²) in [5.41, 5.74) is 3.36. The van der Waals surface area contributed by atoms with E-state index in [1.54, 1.807) is 6.92 Å². The standard InChI is InChI=1S/C25H28N2O3/c1-4-5-18-12-16(2)23(17(3)13-18)24-20(28)14-25(15-21(24)29)9-6-19(7-10-25)27-22(30)8-11-26/h12-13,19,24H,6-10,14-15H2,1-3H3,(H,27,30). The van der Waals surface area contributed by atoms with Gasteiger partial charge in [-0.2, -0.15) is 5.26 Å². The van der Waals surface area contributed by atoms with E-state index in [0.717, 1.165) is 47.9 Å². The fourth-order valence-electron chi connectivity index (χ4n) is 5.23. The molecule has 5 heteroatoms. The first-order valence-electron chi connectivity index (χ1n) is 10.5. The van der Waals surface area contributed by atoms with Crippen LogP contribution in [0, 0.1) is 42.4 Å². The number of carbonyl (C=O) groups excluding carboxylic acids is 3. The molecule has 0 radical (unpaired) electrons. The SMILES string of the molecule is CC#Cc1cc(C)c(C2C(=O)CC3(CCC(NC(=O)CC#N)CC3)CC2=O)c(C)c1. The smallest absolute Gasteiger partial charge is 0.234 e. The van der Waals surface area contributed by atoms with Crippen LogP contribution >= 0.6 is 0 Å². The third-order valence-electron chi connectivity index (χ3n) is 6.55. The molecule has 0 aliphatic heterocycles. The summed E-state index contributed by atoms with van der Waals surface area (Å²) in [5, 5.41) is 11.5. The van der Waals surface area contributed by atoms with E-state index in [2.05, 4.69) is 17.2 Å². The number of nitriles is 1. The Kier molecular flexibility index (Phi) is 6.42. The first kappa shape index (κ1) is 21.8. The summed E-state index contributed by atoms with van der Waals surface area (Å²) in [6.45, 7) is 5.68. The molecule has 30 heavy (non-hydrogen) atoms. The molecule has 0 bridgehead atoms. The highest BCUT2D eigenvalue weighted by molar-refractivity contribution is 6.10. The summed E-state index contributed by atoms with van der Waals surface area (Å²) in [6.07, 6.45) is 3.67. The molecule has 5 nitrogen and oxygen atoms in total. The number of benzene rings is 1. The van der Waals surface area contributed by atoms with Crippen molar-refractivity contribution in [3.63, 3.8) is 0 Å². The number of nitrogens with one attached hydrogen (secondary N) is 1. The lowest BCUT2D eigenvalue weighted by Crippen LogP contribution is -2.45. The molecule has 1 amide bonds. The molecule has 0 unspecified atom stereocenters. The maximum Gasteiger partial charge on any atom is 0.234 e. The van der Waals surface area contributed by atoms with Crippen LogP contribution in [0.25, 0.3) is 0 Å². The van der Waals surface area contributed by atoms with E-state index < -0.39 is 5.92 Å².